The van der Waals surface area contributed by atoms with Gasteiger partial charge in [-0.25, -0.2) is 4.39 Å². The average Bonchev–Trinajstić information content (AvgIpc) is 3.27. The number of aromatic nitrogens is 3. The molecular weight excluding hydrogens is 457 g/mol. The fraction of sp³-hybridized carbons (Fsp3) is 0.310. The lowest BCUT2D eigenvalue weighted by Gasteiger charge is -2.16. The van der Waals surface area contributed by atoms with E-state index < -0.39 is 0 Å². The van der Waals surface area contributed by atoms with E-state index in [0.29, 0.717) is 38.6 Å². The van der Waals surface area contributed by atoms with E-state index in [4.69, 9.17) is 19.2 Å². The number of nitrogens with zero attached hydrogens (tertiary/aromatic N) is 3. The Hall–Kier alpha value is -3.71. The van der Waals surface area contributed by atoms with Gasteiger partial charge >= 0.3 is 0 Å². The van der Waals surface area contributed by atoms with Gasteiger partial charge in [-0.3, -0.25) is 9.67 Å². The summed E-state index contributed by atoms with van der Waals surface area (Å²) in [4.78, 5) is 5.00. The zero-order chi connectivity index (χ0) is 25.5. The molecule has 2 aromatic carbocycles. The van der Waals surface area contributed by atoms with Crippen molar-refractivity contribution < 1.29 is 18.6 Å². The van der Waals surface area contributed by atoms with Gasteiger partial charge < -0.3 is 14.2 Å². The van der Waals surface area contributed by atoms with Crippen LogP contribution < -0.4 is 9.47 Å². The molecule has 4 heterocycles. The molecule has 0 atom stereocenters. The summed E-state index contributed by atoms with van der Waals surface area (Å²) >= 11 is 0. The van der Waals surface area contributed by atoms with Gasteiger partial charge in [0, 0.05) is 47.0 Å². The Morgan fingerprint density at radius 3 is 2.50 bits per heavy atom. The molecule has 4 aromatic rings. The molecule has 2 aliphatic rings. The number of ether oxygens (including phenoxy) is 3. The minimum Gasteiger partial charge on any atom is -0.490 e. The van der Waals surface area contributed by atoms with E-state index in [-0.39, 0.29) is 5.82 Å². The van der Waals surface area contributed by atoms with Crippen LogP contribution in [0, 0.1) is 5.82 Å². The van der Waals surface area contributed by atoms with Crippen molar-refractivity contribution in [2.45, 2.75) is 27.2 Å². The number of hydrogen-bond acceptors (Lipinski definition) is 5. The molecule has 0 amide bonds. The summed E-state index contributed by atoms with van der Waals surface area (Å²) in [6.45, 7) is 7.61. The first kappa shape index (κ1) is 25.4. The fourth-order valence-corrected chi connectivity index (χ4v) is 4.14. The van der Waals surface area contributed by atoms with E-state index in [0.717, 1.165) is 44.7 Å². The van der Waals surface area contributed by atoms with Crippen molar-refractivity contribution in [3.63, 3.8) is 0 Å². The number of fused-ring (bicyclic) bond motifs is 10. The molecule has 0 fully saturated rings. The van der Waals surface area contributed by atoms with Gasteiger partial charge in [-0.05, 0) is 36.8 Å². The van der Waals surface area contributed by atoms with Crippen molar-refractivity contribution in [1.82, 2.24) is 14.8 Å². The lowest BCUT2D eigenvalue weighted by atomic mass is 9.99. The number of halogens is 1. The molecule has 0 spiro atoms. The van der Waals surface area contributed by atoms with Crippen molar-refractivity contribution in [2.24, 2.45) is 7.05 Å². The molecule has 0 N–H and O–H groups in total. The minimum atomic E-state index is -0.345. The Bertz CT molecular complexity index is 1360. The lowest BCUT2D eigenvalue weighted by molar-refractivity contribution is 0.121. The number of rotatable bonds is 1. The van der Waals surface area contributed by atoms with Crippen LogP contribution in [0.1, 0.15) is 26.5 Å². The Morgan fingerprint density at radius 2 is 1.67 bits per heavy atom. The second-order valence-corrected chi connectivity index (χ2v) is 8.07. The second kappa shape index (κ2) is 11.8. The molecule has 6 rings (SSSR count). The Balaban J connectivity index is 0.00000148. The average molecular weight is 490 g/mol. The molecule has 188 valence electrons. The van der Waals surface area contributed by atoms with Gasteiger partial charge in [0.1, 0.15) is 30.5 Å². The predicted octanol–water partition coefficient (Wildman–Crippen LogP) is 6.37. The number of aryl methyl sites for hydroxylation is 2. The van der Waals surface area contributed by atoms with Crippen LogP contribution in [0.3, 0.4) is 0 Å². The number of benzene rings is 2. The van der Waals surface area contributed by atoms with Crippen LogP contribution in [0.2, 0.25) is 0 Å². The second-order valence-electron chi connectivity index (χ2n) is 8.07. The van der Waals surface area contributed by atoms with Gasteiger partial charge in [0.15, 0.2) is 0 Å². The highest BCUT2D eigenvalue weighted by molar-refractivity contribution is 5.88. The molecule has 0 unspecified atom stereocenters. The summed E-state index contributed by atoms with van der Waals surface area (Å²) in [5.74, 6) is 0.871. The maximum Gasteiger partial charge on any atom is 0.131 e. The molecule has 0 aliphatic carbocycles. The normalized spacial score (nSPS) is 14.5. The van der Waals surface area contributed by atoms with E-state index in [1.54, 1.807) is 6.07 Å². The Kier molecular flexibility index (Phi) is 8.33. The van der Waals surface area contributed by atoms with Crippen molar-refractivity contribution in [3.8, 4) is 33.9 Å². The van der Waals surface area contributed by atoms with Crippen LogP contribution in [0.5, 0.6) is 11.5 Å². The zero-order valence-electron chi connectivity index (χ0n) is 21.3. The van der Waals surface area contributed by atoms with Crippen LogP contribution in [0.4, 0.5) is 4.39 Å². The molecular formula is C29H32FN3O3. The summed E-state index contributed by atoms with van der Waals surface area (Å²) < 4.78 is 33.5. The SMILES string of the molecule is CC.CCc1nc2ccc1-c1ccc(F)cc1OCCOC/C=C/COc1cc3c(cnn3C)cc1-2. The summed E-state index contributed by atoms with van der Waals surface area (Å²) in [6.07, 6.45) is 6.38. The van der Waals surface area contributed by atoms with Crippen molar-refractivity contribution in [1.29, 1.82) is 0 Å². The van der Waals surface area contributed by atoms with Gasteiger partial charge in [-0.2, -0.15) is 5.10 Å². The first-order valence-electron chi connectivity index (χ1n) is 12.4. The van der Waals surface area contributed by atoms with E-state index >= 15 is 0 Å². The van der Waals surface area contributed by atoms with E-state index in [1.165, 1.54) is 12.1 Å². The largest absolute Gasteiger partial charge is 0.490 e. The molecule has 6 nitrogen and oxygen atoms in total. The predicted molar refractivity (Wildman–Crippen MR) is 141 cm³/mol. The summed E-state index contributed by atoms with van der Waals surface area (Å²) in [7, 11) is 1.91. The third-order valence-corrected chi connectivity index (χ3v) is 5.87. The number of hydrogen-bond donors (Lipinski definition) is 0. The molecule has 0 saturated heterocycles. The lowest BCUT2D eigenvalue weighted by Crippen LogP contribution is -2.08. The summed E-state index contributed by atoms with van der Waals surface area (Å²) in [5.41, 5.74) is 5.30. The molecule has 0 radical (unpaired) electrons. The summed E-state index contributed by atoms with van der Waals surface area (Å²) in [6, 6.07) is 12.7. The van der Waals surface area contributed by atoms with Gasteiger partial charge in [0.05, 0.1) is 30.6 Å². The smallest absolute Gasteiger partial charge is 0.131 e. The molecule has 7 heteroatoms. The molecule has 36 heavy (non-hydrogen) atoms. The quantitative estimate of drug-likeness (QED) is 0.291. The molecule has 2 bridgehead atoms. The maximum atomic E-state index is 14.0. The highest BCUT2D eigenvalue weighted by Gasteiger charge is 2.17. The van der Waals surface area contributed by atoms with Crippen LogP contribution in [0.15, 0.2) is 60.8 Å². The van der Waals surface area contributed by atoms with Crippen molar-refractivity contribution >= 4 is 10.9 Å². The molecule has 2 aliphatic heterocycles. The van der Waals surface area contributed by atoms with Crippen LogP contribution in [0.25, 0.3) is 33.3 Å². The minimum absolute atomic E-state index is 0.319. The monoisotopic (exact) mass is 489 g/mol. The maximum absolute atomic E-state index is 14.0. The van der Waals surface area contributed by atoms with E-state index in [9.17, 15) is 4.39 Å². The van der Waals surface area contributed by atoms with Crippen LogP contribution >= 0.6 is 0 Å². The van der Waals surface area contributed by atoms with Crippen molar-refractivity contribution in [3.05, 3.63) is 72.3 Å². The molecule has 2 aromatic heterocycles. The Morgan fingerprint density at radius 1 is 0.889 bits per heavy atom. The van der Waals surface area contributed by atoms with Gasteiger partial charge in [-0.1, -0.05) is 32.9 Å². The summed E-state index contributed by atoms with van der Waals surface area (Å²) in [5, 5.41) is 5.39. The molecule has 0 saturated carbocycles. The van der Waals surface area contributed by atoms with Crippen LogP contribution in [-0.4, -0.2) is 41.2 Å². The third kappa shape index (κ3) is 5.41. The first-order valence-corrected chi connectivity index (χ1v) is 12.4. The highest BCUT2D eigenvalue weighted by Crippen LogP contribution is 2.37. The Labute approximate surface area is 211 Å². The number of pyridine rings is 1. The first-order chi connectivity index (χ1) is 17.6. The third-order valence-electron chi connectivity index (χ3n) is 5.87. The topological polar surface area (TPSA) is 58.4 Å². The highest BCUT2D eigenvalue weighted by atomic mass is 19.1. The van der Waals surface area contributed by atoms with E-state index in [2.05, 4.69) is 18.1 Å². The standard InChI is InChI=1S/C27H26FN3O3.C2H6/c1-3-23-20-8-9-24(30-23)22-14-18-17-29-31(2)25(18)16-27(22)33-11-5-4-10-32-12-13-34-26-15-19(28)6-7-21(20)26;1-2/h4-9,14-17H,3,10-13H2,1-2H3;1-2H3/b5-4+;. The van der Waals surface area contributed by atoms with Gasteiger partial charge in [-0.15, -0.1) is 0 Å². The van der Waals surface area contributed by atoms with Gasteiger partial charge in [0.2, 0.25) is 0 Å². The zero-order valence-corrected chi connectivity index (χ0v) is 21.3. The van der Waals surface area contributed by atoms with E-state index in [1.807, 2.05) is 62.1 Å². The van der Waals surface area contributed by atoms with Crippen LogP contribution in [-0.2, 0) is 18.2 Å². The fourth-order valence-electron chi connectivity index (χ4n) is 4.14. The van der Waals surface area contributed by atoms with Gasteiger partial charge in [0.25, 0.3) is 0 Å². The van der Waals surface area contributed by atoms with Crippen molar-refractivity contribution in [2.75, 3.05) is 26.4 Å².